The normalized spacial score (nSPS) is 15.9. The fourth-order valence-corrected chi connectivity index (χ4v) is 6.88. The highest BCUT2D eigenvalue weighted by atomic mass is 35.5. The molecule has 1 aliphatic heterocycles. The lowest BCUT2D eigenvalue weighted by Crippen LogP contribution is -2.29. The number of aliphatic hydroxyl groups is 1. The zero-order chi connectivity index (χ0) is 31.9. The van der Waals surface area contributed by atoms with Crippen molar-refractivity contribution in [2.45, 2.75) is 49.2 Å². The average molecular weight is 685 g/mol. The quantitative estimate of drug-likeness (QED) is 0.0373. The van der Waals surface area contributed by atoms with Crippen molar-refractivity contribution in [2.75, 3.05) is 18.1 Å². The van der Waals surface area contributed by atoms with Crippen molar-refractivity contribution in [2.24, 2.45) is 0 Å². The molecule has 12 heteroatoms. The van der Waals surface area contributed by atoms with Gasteiger partial charge in [0.2, 0.25) is 5.13 Å². The maximum Gasteiger partial charge on any atom is 0.301 e. The Hall–Kier alpha value is -3.57. The van der Waals surface area contributed by atoms with Crippen molar-refractivity contribution in [3.63, 3.8) is 0 Å². The van der Waals surface area contributed by atoms with Gasteiger partial charge in [0.15, 0.2) is 15.8 Å². The molecular formula is C33H31Cl2N3O5S2. The summed E-state index contributed by atoms with van der Waals surface area (Å²) in [6.07, 6.45) is 3.02. The molecule has 1 N–H and O–H groups in total. The third kappa shape index (κ3) is 7.64. The molecule has 0 bridgehead atoms. The van der Waals surface area contributed by atoms with Crippen LogP contribution in [-0.4, -0.2) is 40.2 Å². The van der Waals surface area contributed by atoms with E-state index in [9.17, 15) is 14.7 Å². The highest BCUT2D eigenvalue weighted by Crippen LogP contribution is 2.45. The second-order valence-electron chi connectivity index (χ2n) is 10.1. The number of aliphatic hydroxyl groups excluding tert-OH is 1. The number of ether oxygens (including phenoxy) is 2. The number of thioether (sulfide) groups is 1. The van der Waals surface area contributed by atoms with Crippen LogP contribution in [0.3, 0.4) is 0 Å². The minimum Gasteiger partial charge on any atom is -0.507 e. The fourth-order valence-electron chi connectivity index (χ4n) is 4.81. The van der Waals surface area contributed by atoms with Crippen LogP contribution >= 0.6 is 46.3 Å². The van der Waals surface area contributed by atoms with E-state index in [4.69, 9.17) is 32.7 Å². The van der Waals surface area contributed by atoms with Gasteiger partial charge in [-0.05, 0) is 73.0 Å². The predicted octanol–water partition coefficient (Wildman–Crippen LogP) is 8.73. The van der Waals surface area contributed by atoms with Crippen molar-refractivity contribution in [3.05, 3.63) is 99.0 Å². The predicted molar refractivity (Wildman–Crippen MR) is 180 cm³/mol. The first-order chi connectivity index (χ1) is 21.8. The Kier molecular flexibility index (Phi) is 11.0. The highest BCUT2D eigenvalue weighted by Gasteiger charge is 2.48. The lowest BCUT2D eigenvalue weighted by atomic mass is 9.95. The third-order valence-corrected chi connectivity index (χ3v) is 9.66. The summed E-state index contributed by atoms with van der Waals surface area (Å²) in [5.74, 6) is -0.336. The molecule has 5 rings (SSSR count). The molecule has 1 aromatic heterocycles. The molecule has 234 valence electrons. The Morgan fingerprint density at radius 1 is 0.933 bits per heavy atom. The van der Waals surface area contributed by atoms with E-state index in [1.807, 2.05) is 31.2 Å². The van der Waals surface area contributed by atoms with E-state index < -0.39 is 17.7 Å². The molecule has 1 amide bonds. The number of amides is 1. The maximum absolute atomic E-state index is 13.7. The van der Waals surface area contributed by atoms with Gasteiger partial charge in [-0.1, -0.05) is 84.3 Å². The number of Topliss-reactive ketones (excluding diaryl/α,β-unsaturated/α-hetero) is 1. The molecule has 1 unspecified atom stereocenters. The van der Waals surface area contributed by atoms with Crippen molar-refractivity contribution in [1.82, 2.24) is 10.2 Å². The van der Waals surface area contributed by atoms with E-state index in [-0.39, 0.29) is 16.5 Å². The molecule has 3 aromatic carbocycles. The van der Waals surface area contributed by atoms with Crippen molar-refractivity contribution < 1.29 is 24.2 Å². The van der Waals surface area contributed by atoms with Gasteiger partial charge in [0.05, 0.1) is 24.8 Å². The third-order valence-electron chi connectivity index (χ3n) is 7.03. The lowest BCUT2D eigenvalue weighted by Gasteiger charge is -2.23. The highest BCUT2D eigenvalue weighted by molar-refractivity contribution is 8.00. The monoisotopic (exact) mass is 683 g/mol. The van der Waals surface area contributed by atoms with E-state index in [0.29, 0.717) is 56.0 Å². The smallest absolute Gasteiger partial charge is 0.301 e. The van der Waals surface area contributed by atoms with Crippen LogP contribution in [0.1, 0.15) is 55.8 Å². The van der Waals surface area contributed by atoms with Crippen LogP contribution in [-0.2, 0) is 15.3 Å². The number of hydrogen-bond donors (Lipinski definition) is 1. The Bertz CT molecular complexity index is 1690. The van der Waals surface area contributed by atoms with Gasteiger partial charge in [-0.25, -0.2) is 0 Å². The van der Waals surface area contributed by atoms with Gasteiger partial charge in [-0.2, -0.15) is 0 Å². The van der Waals surface area contributed by atoms with Crippen LogP contribution in [0.4, 0.5) is 5.13 Å². The molecule has 0 radical (unpaired) electrons. The number of rotatable bonds is 13. The second kappa shape index (κ2) is 15.1. The Morgan fingerprint density at radius 2 is 1.64 bits per heavy atom. The van der Waals surface area contributed by atoms with Crippen molar-refractivity contribution in [3.8, 4) is 11.5 Å². The first-order valence-corrected chi connectivity index (χ1v) is 17.0. The zero-order valence-electron chi connectivity index (χ0n) is 24.7. The molecule has 0 aliphatic carbocycles. The topological polar surface area (TPSA) is 102 Å². The zero-order valence-corrected chi connectivity index (χ0v) is 27.8. The number of unbranched alkanes of at least 4 members (excludes halogenated alkanes) is 2. The average Bonchev–Trinajstić information content (AvgIpc) is 3.61. The van der Waals surface area contributed by atoms with E-state index in [2.05, 4.69) is 17.1 Å². The van der Waals surface area contributed by atoms with E-state index in [1.165, 1.54) is 28.0 Å². The maximum atomic E-state index is 13.7. The van der Waals surface area contributed by atoms with Crippen LogP contribution in [0.5, 0.6) is 11.5 Å². The van der Waals surface area contributed by atoms with Crippen LogP contribution in [0, 0.1) is 0 Å². The van der Waals surface area contributed by atoms with Gasteiger partial charge in [0.1, 0.15) is 5.76 Å². The number of ketones is 1. The van der Waals surface area contributed by atoms with E-state index >= 15 is 0 Å². The summed E-state index contributed by atoms with van der Waals surface area (Å²) >= 11 is 14.7. The number of carbonyl (C=O) groups excluding carboxylic acids is 2. The molecule has 0 saturated carbocycles. The molecule has 0 spiro atoms. The number of halogens is 2. The van der Waals surface area contributed by atoms with Crippen molar-refractivity contribution in [1.29, 1.82) is 0 Å². The van der Waals surface area contributed by atoms with Gasteiger partial charge in [0, 0.05) is 21.4 Å². The second-order valence-corrected chi connectivity index (χ2v) is 13.2. The molecule has 45 heavy (non-hydrogen) atoms. The number of hydrogen-bond acceptors (Lipinski definition) is 9. The van der Waals surface area contributed by atoms with Crippen LogP contribution in [0.2, 0.25) is 10.0 Å². The minimum absolute atomic E-state index is 0.0769. The molecule has 1 aliphatic rings. The fraction of sp³-hybridized carbons (Fsp3) is 0.273. The number of carbonyl (C=O) groups is 2. The number of nitrogens with zero attached hydrogens (tertiary/aromatic N) is 3. The molecule has 8 nitrogen and oxygen atoms in total. The Labute approximate surface area is 280 Å². The van der Waals surface area contributed by atoms with Gasteiger partial charge < -0.3 is 14.6 Å². The number of aromatic nitrogens is 2. The summed E-state index contributed by atoms with van der Waals surface area (Å²) < 4.78 is 12.6. The number of anilines is 1. The Balaban J connectivity index is 1.54. The van der Waals surface area contributed by atoms with Crippen LogP contribution in [0.25, 0.3) is 5.76 Å². The van der Waals surface area contributed by atoms with Gasteiger partial charge >= 0.3 is 5.91 Å². The minimum atomic E-state index is -1.00. The SMILES string of the molecule is CCCCCOc1ccc(C2/C(=C(\O)c3ccc(Cl)cc3)C(=O)C(=O)N2c2nnc(SCc3ccc(Cl)cc3)s2)cc1OCC. The number of benzene rings is 3. The molecule has 1 saturated heterocycles. The molecule has 1 fully saturated rings. The van der Waals surface area contributed by atoms with Gasteiger partial charge in [-0.3, -0.25) is 14.5 Å². The summed E-state index contributed by atoms with van der Waals surface area (Å²) in [6, 6.07) is 18.2. The summed E-state index contributed by atoms with van der Waals surface area (Å²) in [6.45, 7) is 4.90. The summed E-state index contributed by atoms with van der Waals surface area (Å²) in [4.78, 5) is 28.6. The van der Waals surface area contributed by atoms with Gasteiger partial charge in [0.25, 0.3) is 5.78 Å². The molecule has 2 heterocycles. The summed E-state index contributed by atoms with van der Waals surface area (Å²) in [5, 5.41) is 21.4. The van der Waals surface area contributed by atoms with E-state index in [1.54, 1.807) is 42.5 Å². The first kappa shape index (κ1) is 32.8. The first-order valence-electron chi connectivity index (χ1n) is 14.5. The molecule has 4 aromatic rings. The summed E-state index contributed by atoms with van der Waals surface area (Å²) in [7, 11) is 0. The van der Waals surface area contributed by atoms with Crippen molar-refractivity contribution >= 4 is 68.9 Å². The molecular weight excluding hydrogens is 653 g/mol. The largest absolute Gasteiger partial charge is 0.507 e. The Morgan fingerprint density at radius 3 is 2.33 bits per heavy atom. The summed E-state index contributed by atoms with van der Waals surface area (Å²) in [5.41, 5.74) is 1.86. The van der Waals surface area contributed by atoms with E-state index in [0.717, 1.165) is 24.8 Å². The standard InChI is InChI=1S/C33H31Cl2N3O5S2/c1-3-5-6-17-43-25-16-11-22(18-26(25)42-4-2)28-27(29(39)21-9-14-24(35)15-10-21)30(40)31(41)38(28)32-36-37-33(45-32)44-19-20-7-12-23(34)13-8-20/h7-16,18,28,39H,3-6,17,19H2,1-2H3/b29-27+. The van der Waals surface area contributed by atoms with Gasteiger partial charge in [-0.15, -0.1) is 10.2 Å². The van der Waals surface area contributed by atoms with Crippen LogP contribution in [0.15, 0.2) is 76.6 Å². The van der Waals surface area contributed by atoms with Crippen LogP contribution < -0.4 is 14.4 Å². The molecule has 1 atom stereocenters. The lowest BCUT2D eigenvalue weighted by molar-refractivity contribution is -0.132.